The molecule has 1 aliphatic carbocycles. The van der Waals surface area contributed by atoms with Gasteiger partial charge >= 0.3 is 6.18 Å². The maximum atomic E-state index is 14.9. The molecule has 3 aromatic heterocycles. The van der Waals surface area contributed by atoms with E-state index in [1.807, 2.05) is 0 Å². The minimum absolute atomic E-state index is 0.140. The Bertz CT molecular complexity index is 919. The van der Waals surface area contributed by atoms with Crippen molar-refractivity contribution in [1.29, 1.82) is 0 Å². The van der Waals surface area contributed by atoms with Crippen molar-refractivity contribution >= 4 is 5.65 Å². The molecular weight excluding hydrogens is 340 g/mol. The summed E-state index contributed by atoms with van der Waals surface area (Å²) in [6.45, 7) is 0. The normalized spacial score (nSPS) is 16.6. The van der Waals surface area contributed by atoms with Crippen LogP contribution in [0, 0.1) is 5.95 Å². The van der Waals surface area contributed by atoms with Crippen molar-refractivity contribution in [3.63, 3.8) is 0 Å². The maximum Gasteiger partial charge on any atom is 0.428 e. The van der Waals surface area contributed by atoms with E-state index in [1.54, 1.807) is 18.3 Å². The van der Waals surface area contributed by atoms with Crippen LogP contribution >= 0.6 is 0 Å². The van der Waals surface area contributed by atoms with Crippen LogP contribution in [0.25, 0.3) is 17.0 Å². The molecule has 1 saturated carbocycles. The van der Waals surface area contributed by atoms with Crippen LogP contribution in [-0.4, -0.2) is 31.4 Å². The van der Waals surface area contributed by atoms with Crippen LogP contribution in [0.3, 0.4) is 0 Å². The average molecular weight is 352 g/mol. The lowest BCUT2D eigenvalue weighted by molar-refractivity contribution is -0.274. The zero-order valence-electron chi connectivity index (χ0n) is 12.8. The van der Waals surface area contributed by atoms with E-state index >= 15 is 0 Å². The number of nitrogens with zero attached hydrogens (tertiary/aromatic N) is 4. The third-order valence-electron chi connectivity index (χ3n) is 4.37. The number of ether oxygens (including phenoxy) is 1. The highest BCUT2D eigenvalue weighted by Gasteiger charge is 2.61. The molecule has 0 spiro atoms. The quantitative estimate of drug-likeness (QED) is 0.532. The van der Waals surface area contributed by atoms with Crippen LogP contribution < -0.4 is 4.74 Å². The predicted octanol–water partition coefficient (Wildman–Crippen LogP) is 3.79. The van der Waals surface area contributed by atoms with E-state index in [0.717, 1.165) is 10.5 Å². The van der Waals surface area contributed by atoms with E-state index < -0.39 is 23.5 Å². The van der Waals surface area contributed by atoms with E-state index in [0.29, 0.717) is 12.0 Å². The molecule has 0 unspecified atom stereocenters. The Hall–Kier alpha value is -2.71. The summed E-state index contributed by atoms with van der Waals surface area (Å²) in [5.41, 5.74) is -1.68. The van der Waals surface area contributed by atoms with Gasteiger partial charge in [-0.3, -0.25) is 4.98 Å². The van der Waals surface area contributed by atoms with Crippen LogP contribution in [0.15, 0.2) is 36.7 Å². The smallest absolute Gasteiger partial charge is 0.428 e. The number of pyridine rings is 2. The summed E-state index contributed by atoms with van der Waals surface area (Å²) in [5, 5.41) is 7.75. The predicted molar refractivity (Wildman–Crippen MR) is 79.4 cm³/mol. The minimum Gasteiger partial charge on any atom is -0.473 e. The van der Waals surface area contributed by atoms with Gasteiger partial charge in [-0.05, 0) is 43.5 Å². The van der Waals surface area contributed by atoms with Gasteiger partial charge in [0.05, 0.1) is 0 Å². The van der Waals surface area contributed by atoms with Gasteiger partial charge in [0.25, 0.3) is 0 Å². The molecule has 130 valence electrons. The Morgan fingerprint density at radius 3 is 2.52 bits per heavy atom. The summed E-state index contributed by atoms with van der Waals surface area (Å²) >= 11 is 0. The van der Waals surface area contributed by atoms with Crippen LogP contribution in [0.2, 0.25) is 0 Å². The fourth-order valence-corrected chi connectivity index (χ4v) is 2.84. The van der Waals surface area contributed by atoms with Gasteiger partial charge in [-0.25, -0.2) is 4.40 Å². The van der Waals surface area contributed by atoms with Gasteiger partial charge in [-0.1, -0.05) is 0 Å². The minimum atomic E-state index is -4.56. The van der Waals surface area contributed by atoms with E-state index in [4.69, 9.17) is 4.74 Å². The second kappa shape index (κ2) is 5.40. The molecule has 9 heteroatoms. The number of hydrogen-bond donors (Lipinski definition) is 0. The molecule has 0 saturated heterocycles. The Balaban J connectivity index is 1.81. The van der Waals surface area contributed by atoms with E-state index in [2.05, 4.69) is 15.2 Å². The summed E-state index contributed by atoms with van der Waals surface area (Å²) in [4.78, 5) is 3.93. The SMILES string of the molecule is Fc1c(OC2(C(F)(F)F)CCC2)ccc2nnc(-c3cccnc3)n12. The summed E-state index contributed by atoms with van der Waals surface area (Å²) in [5.74, 6) is -1.31. The van der Waals surface area contributed by atoms with Gasteiger partial charge in [-0.2, -0.15) is 17.6 Å². The molecule has 3 heterocycles. The molecule has 0 aliphatic heterocycles. The fraction of sp³-hybridized carbons (Fsp3) is 0.312. The number of aromatic nitrogens is 4. The molecule has 0 bridgehead atoms. The highest BCUT2D eigenvalue weighted by Crippen LogP contribution is 2.48. The molecule has 0 amide bonds. The van der Waals surface area contributed by atoms with Gasteiger partial charge in [0.1, 0.15) is 0 Å². The lowest BCUT2D eigenvalue weighted by Gasteiger charge is -2.42. The zero-order chi connectivity index (χ0) is 17.7. The molecule has 5 nitrogen and oxygen atoms in total. The van der Waals surface area contributed by atoms with Crippen LogP contribution in [0.1, 0.15) is 19.3 Å². The van der Waals surface area contributed by atoms with Crippen molar-refractivity contribution in [1.82, 2.24) is 19.6 Å². The average Bonchev–Trinajstić information content (AvgIpc) is 2.97. The van der Waals surface area contributed by atoms with Crippen molar-refractivity contribution in [3.05, 3.63) is 42.6 Å². The molecule has 0 aromatic carbocycles. The highest BCUT2D eigenvalue weighted by atomic mass is 19.4. The first-order valence-electron chi connectivity index (χ1n) is 7.61. The van der Waals surface area contributed by atoms with Crippen molar-refractivity contribution < 1.29 is 22.3 Å². The first-order valence-corrected chi connectivity index (χ1v) is 7.61. The number of alkyl halides is 3. The lowest BCUT2D eigenvalue weighted by Crippen LogP contribution is -2.55. The lowest BCUT2D eigenvalue weighted by atomic mass is 9.79. The molecule has 4 rings (SSSR count). The van der Waals surface area contributed by atoms with Crippen molar-refractivity contribution in [2.24, 2.45) is 0 Å². The van der Waals surface area contributed by atoms with Gasteiger partial charge in [0.2, 0.25) is 11.5 Å². The standard InChI is InChI=1S/C16H12F4N4O/c17-13-11(25-15(6-2-7-15)16(18,19)20)4-5-12-22-23-14(24(12)13)10-3-1-8-21-9-10/h1,3-5,8-9H,2,6-7H2. The van der Waals surface area contributed by atoms with Gasteiger partial charge in [0.15, 0.2) is 17.2 Å². The molecule has 0 N–H and O–H groups in total. The molecule has 0 atom stereocenters. The first-order chi connectivity index (χ1) is 11.9. The van der Waals surface area contributed by atoms with Crippen molar-refractivity contribution in [2.45, 2.75) is 31.0 Å². The molecule has 1 aliphatic rings. The first kappa shape index (κ1) is 15.8. The number of hydrogen-bond acceptors (Lipinski definition) is 4. The van der Waals surface area contributed by atoms with Gasteiger partial charge < -0.3 is 4.74 Å². The Morgan fingerprint density at radius 2 is 1.92 bits per heavy atom. The van der Waals surface area contributed by atoms with Crippen LogP contribution in [0.4, 0.5) is 17.6 Å². The van der Waals surface area contributed by atoms with Crippen molar-refractivity contribution in [3.8, 4) is 17.1 Å². The van der Waals surface area contributed by atoms with E-state index in [1.165, 1.54) is 12.3 Å². The summed E-state index contributed by atoms with van der Waals surface area (Å²) in [7, 11) is 0. The molecule has 1 fully saturated rings. The van der Waals surface area contributed by atoms with E-state index in [-0.39, 0.29) is 24.3 Å². The summed E-state index contributed by atoms with van der Waals surface area (Å²) < 4.78 is 60.9. The molecule has 3 aromatic rings. The number of fused-ring (bicyclic) bond motifs is 1. The number of rotatable bonds is 3. The third kappa shape index (κ3) is 2.41. The molecule has 0 radical (unpaired) electrons. The van der Waals surface area contributed by atoms with Crippen molar-refractivity contribution in [2.75, 3.05) is 0 Å². The summed E-state index contributed by atoms with van der Waals surface area (Å²) in [6, 6.07) is 5.81. The zero-order valence-corrected chi connectivity index (χ0v) is 12.8. The van der Waals surface area contributed by atoms with Gasteiger partial charge in [0, 0.05) is 18.0 Å². The Kier molecular flexibility index (Phi) is 3.41. The molecular formula is C16H12F4N4O. The van der Waals surface area contributed by atoms with Gasteiger partial charge in [-0.15, -0.1) is 10.2 Å². The largest absolute Gasteiger partial charge is 0.473 e. The molecule has 25 heavy (non-hydrogen) atoms. The van der Waals surface area contributed by atoms with E-state index in [9.17, 15) is 17.6 Å². The van der Waals surface area contributed by atoms with Crippen LogP contribution in [-0.2, 0) is 0 Å². The second-order valence-corrected chi connectivity index (χ2v) is 5.89. The van der Waals surface area contributed by atoms with Crippen LogP contribution in [0.5, 0.6) is 5.75 Å². The maximum absolute atomic E-state index is 14.9. The topological polar surface area (TPSA) is 52.3 Å². The number of halogens is 4. The highest BCUT2D eigenvalue weighted by molar-refractivity contribution is 5.59. The Labute approximate surface area is 139 Å². The fourth-order valence-electron chi connectivity index (χ4n) is 2.84. The third-order valence-corrected chi connectivity index (χ3v) is 4.37. The second-order valence-electron chi connectivity index (χ2n) is 5.89. The summed E-state index contributed by atoms with van der Waals surface area (Å²) in [6.07, 6.45) is -1.55. The monoisotopic (exact) mass is 352 g/mol. The Morgan fingerprint density at radius 1 is 1.12 bits per heavy atom.